The third-order valence-corrected chi connectivity index (χ3v) is 4.88. The van der Waals surface area contributed by atoms with Crippen LogP contribution in [0.25, 0.3) is 0 Å². The van der Waals surface area contributed by atoms with Crippen LogP contribution in [-0.4, -0.2) is 24.6 Å². The summed E-state index contributed by atoms with van der Waals surface area (Å²) in [5, 5.41) is 3.96. The average molecular weight is 382 g/mol. The van der Waals surface area contributed by atoms with Crippen molar-refractivity contribution in [2.45, 2.75) is 44.1 Å². The molecule has 4 nitrogen and oxygen atoms in total. The fourth-order valence-electron chi connectivity index (χ4n) is 2.80. The molecule has 1 amide bonds. The SMILES string of the molecule is Cl.NCC1(NC(=O)CCCOc2cccc(Cl)c2Cl)CCCC1. The van der Waals surface area contributed by atoms with E-state index in [1.54, 1.807) is 18.2 Å². The molecule has 1 aromatic rings. The smallest absolute Gasteiger partial charge is 0.220 e. The molecule has 0 spiro atoms. The number of nitrogens with two attached hydrogens (primary N) is 1. The van der Waals surface area contributed by atoms with Gasteiger partial charge in [-0.2, -0.15) is 0 Å². The highest BCUT2D eigenvalue weighted by Crippen LogP contribution is 2.31. The van der Waals surface area contributed by atoms with Gasteiger partial charge in [0.15, 0.2) is 0 Å². The molecule has 0 heterocycles. The van der Waals surface area contributed by atoms with Crippen LogP contribution in [0.4, 0.5) is 0 Å². The number of rotatable bonds is 7. The lowest BCUT2D eigenvalue weighted by atomic mass is 9.97. The molecular weight excluding hydrogens is 359 g/mol. The summed E-state index contributed by atoms with van der Waals surface area (Å²) in [4.78, 5) is 12.0. The Morgan fingerprint density at radius 2 is 2.00 bits per heavy atom. The molecule has 1 aliphatic carbocycles. The molecule has 0 aromatic heterocycles. The molecule has 0 radical (unpaired) electrons. The number of nitrogens with one attached hydrogen (secondary N) is 1. The Morgan fingerprint density at radius 1 is 1.30 bits per heavy atom. The van der Waals surface area contributed by atoms with Gasteiger partial charge in [0, 0.05) is 13.0 Å². The van der Waals surface area contributed by atoms with E-state index in [9.17, 15) is 4.79 Å². The molecule has 3 N–H and O–H groups in total. The number of ether oxygens (including phenoxy) is 1. The van der Waals surface area contributed by atoms with Crippen molar-refractivity contribution in [1.29, 1.82) is 0 Å². The van der Waals surface area contributed by atoms with Crippen LogP contribution in [0.15, 0.2) is 18.2 Å². The summed E-state index contributed by atoms with van der Waals surface area (Å²) in [5.41, 5.74) is 5.63. The fourth-order valence-corrected chi connectivity index (χ4v) is 3.15. The van der Waals surface area contributed by atoms with Crippen LogP contribution in [-0.2, 0) is 4.79 Å². The van der Waals surface area contributed by atoms with Crippen molar-refractivity contribution in [2.75, 3.05) is 13.2 Å². The van der Waals surface area contributed by atoms with Crippen LogP contribution in [0.5, 0.6) is 5.75 Å². The van der Waals surface area contributed by atoms with Gasteiger partial charge in [-0.15, -0.1) is 12.4 Å². The third kappa shape index (κ3) is 5.71. The van der Waals surface area contributed by atoms with E-state index in [-0.39, 0.29) is 23.9 Å². The van der Waals surface area contributed by atoms with Crippen molar-refractivity contribution in [3.8, 4) is 5.75 Å². The molecule has 0 saturated heterocycles. The van der Waals surface area contributed by atoms with Crippen LogP contribution in [0.2, 0.25) is 10.0 Å². The maximum absolute atomic E-state index is 12.0. The molecule has 7 heteroatoms. The van der Waals surface area contributed by atoms with Crippen molar-refractivity contribution in [3.63, 3.8) is 0 Å². The van der Waals surface area contributed by atoms with E-state index in [1.165, 1.54) is 0 Å². The Labute approximate surface area is 153 Å². The van der Waals surface area contributed by atoms with Gasteiger partial charge in [0.05, 0.1) is 17.2 Å². The molecule has 1 fully saturated rings. The molecule has 0 bridgehead atoms. The van der Waals surface area contributed by atoms with Gasteiger partial charge in [0.1, 0.15) is 10.8 Å². The van der Waals surface area contributed by atoms with Crippen molar-refractivity contribution in [2.24, 2.45) is 5.73 Å². The Balaban J connectivity index is 0.00000264. The summed E-state index contributed by atoms with van der Waals surface area (Å²) in [5.74, 6) is 0.580. The maximum Gasteiger partial charge on any atom is 0.220 e. The van der Waals surface area contributed by atoms with E-state index >= 15 is 0 Å². The van der Waals surface area contributed by atoms with Gasteiger partial charge in [-0.25, -0.2) is 0 Å². The van der Waals surface area contributed by atoms with Gasteiger partial charge in [-0.3, -0.25) is 4.79 Å². The van der Waals surface area contributed by atoms with Gasteiger partial charge in [-0.1, -0.05) is 42.1 Å². The minimum absolute atomic E-state index is 0. The molecule has 1 aromatic carbocycles. The lowest BCUT2D eigenvalue weighted by Crippen LogP contribution is -2.51. The number of hydrogen-bond donors (Lipinski definition) is 2. The molecule has 0 unspecified atom stereocenters. The van der Waals surface area contributed by atoms with Crippen molar-refractivity contribution in [1.82, 2.24) is 5.32 Å². The normalized spacial score (nSPS) is 15.8. The zero-order valence-corrected chi connectivity index (χ0v) is 15.3. The molecule has 23 heavy (non-hydrogen) atoms. The second kappa shape index (κ2) is 9.58. The minimum atomic E-state index is -0.186. The highest BCUT2D eigenvalue weighted by atomic mass is 35.5. The van der Waals surface area contributed by atoms with Crippen molar-refractivity contribution < 1.29 is 9.53 Å². The van der Waals surface area contributed by atoms with Gasteiger partial charge in [0.25, 0.3) is 0 Å². The summed E-state index contributed by atoms with van der Waals surface area (Å²) in [7, 11) is 0. The number of hydrogen-bond acceptors (Lipinski definition) is 3. The van der Waals surface area contributed by atoms with Crippen molar-refractivity contribution in [3.05, 3.63) is 28.2 Å². The molecule has 1 aliphatic rings. The topological polar surface area (TPSA) is 64.3 Å². The average Bonchev–Trinajstić information content (AvgIpc) is 2.97. The largest absolute Gasteiger partial charge is 0.492 e. The van der Waals surface area contributed by atoms with Crippen LogP contribution in [0.1, 0.15) is 38.5 Å². The summed E-state index contributed by atoms with van der Waals surface area (Å²) in [6.45, 7) is 0.927. The van der Waals surface area contributed by atoms with E-state index in [2.05, 4.69) is 5.32 Å². The minimum Gasteiger partial charge on any atom is -0.492 e. The summed E-state index contributed by atoms with van der Waals surface area (Å²) in [6.07, 6.45) is 5.25. The number of carbonyl (C=O) groups excluding carboxylic acids is 1. The first-order valence-electron chi connectivity index (χ1n) is 7.64. The Bertz CT molecular complexity index is 520. The molecular formula is C16H23Cl3N2O2. The van der Waals surface area contributed by atoms with Gasteiger partial charge < -0.3 is 15.8 Å². The summed E-state index contributed by atoms with van der Waals surface area (Å²) >= 11 is 12.0. The first-order chi connectivity index (χ1) is 10.6. The van der Waals surface area contributed by atoms with E-state index in [0.29, 0.717) is 41.8 Å². The number of halogens is 3. The van der Waals surface area contributed by atoms with Gasteiger partial charge in [-0.05, 0) is 31.4 Å². The first kappa shape index (κ1) is 20.4. The van der Waals surface area contributed by atoms with Crippen LogP contribution in [0, 0.1) is 0 Å². The van der Waals surface area contributed by atoms with E-state index < -0.39 is 0 Å². The second-order valence-electron chi connectivity index (χ2n) is 5.74. The van der Waals surface area contributed by atoms with Crippen LogP contribution < -0.4 is 15.8 Å². The monoisotopic (exact) mass is 380 g/mol. The highest BCUT2D eigenvalue weighted by Gasteiger charge is 2.33. The summed E-state index contributed by atoms with van der Waals surface area (Å²) < 4.78 is 5.57. The van der Waals surface area contributed by atoms with Gasteiger partial charge >= 0.3 is 0 Å². The molecule has 130 valence electrons. The number of carbonyl (C=O) groups is 1. The molecule has 0 aliphatic heterocycles. The molecule has 2 rings (SSSR count). The summed E-state index contributed by atoms with van der Waals surface area (Å²) in [6, 6.07) is 5.25. The highest BCUT2D eigenvalue weighted by molar-refractivity contribution is 6.42. The van der Waals surface area contributed by atoms with E-state index in [4.69, 9.17) is 33.7 Å². The lowest BCUT2D eigenvalue weighted by Gasteiger charge is -2.28. The fraction of sp³-hybridized carbons (Fsp3) is 0.562. The molecule has 1 saturated carbocycles. The quantitative estimate of drug-likeness (QED) is 0.703. The zero-order valence-electron chi connectivity index (χ0n) is 12.9. The predicted octanol–water partition coefficient (Wildman–Crippen LogP) is 3.96. The second-order valence-corrected chi connectivity index (χ2v) is 6.53. The molecule has 0 atom stereocenters. The van der Waals surface area contributed by atoms with E-state index in [0.717, 1.165) is 25.7 Å². The standard InChI is InChI=1S/C16H22Cl2N2O2.ClH/c17-12-5-3-6-13(15(12)18)22-10-4-7-14(21)20-16(11-19)8-1-2-9-16;/h3,5-6H,1-2,4,7-11,19H2,(H,20,21);1H. The Morgan fingerprint density at radius 3 is 2.65 bits per heavy atom. The zero-order chi connectivity index (χ0) is 16.0. The van der Waals surface area contributed by atoms with Crippen LogP contribution in [0.3, 0.4) is 0 Å². The number of benzene rings is 1. The Hall–Kier alpha value is -0.680. The first-order valence-corrected chi connectivity index (χ1v) is 8.40. The van der Waals surface area contributed by atoms with E-state index in [1.807, 2.05) is 0 Å². The predicted molar refractivity (Wildman–Crippen MR) is 96.8 cm³/mol. The third-order valence-electron chi connectivity index (χ3n) is 4.08. The van der Waals surface area contributed by atoms with Crippen LogP contribution >= 0.6 is 35.6 Å². The number of amides is 1. The Kier molecular flexibility index (Phi) is 8.48. The van der Waals surface area contributed by atoms with Gasteiger partial charge in [0.2, 0.25) is 5.91 Å². The van der Waals surface area contributed by atoms with Crippen molar-refractivity contribution >= 4 is 41.5 Å². The maximum atomic E-state index is 12.0. The lowest BCUT2D eigenvalue weighted by molar-refractivity contribution is -0.123.